The number of hydrogen-bond donors (Lipinski definition) is 3. The van der Waals surface area contributed by atoms with Crippen LogP contribution in [-0.4, -0.2) is 68.2 Å². The second-order valence-corrected chi connectivity index (χ2v) is 8.09. The van der Waals surface area contributed by atoms with E-state index in [1.54, 1.807) is 20.3 Å². The van der Waals surface area contributed by atoms with Crippen LogP contribution in [0.4, 0.5) is 5.82 Å². The Balaban J connectivity index is 0.000000224. The Morgan fingerprint density at radius 3 is 2.35 bits per heavy atom. The first-order valence-electron chi connectivity index (χ1n) is 12.1. The van der Waals surface area contributed by atoms with Crippen molar-refractivity contribution in [3.63, 3.8) is 0 Å². The van der Waals surface area contributed by atoms with E-state index in [0.29, 0.717) is 17.9 Å². The predicted octanol–water partition coefficient (Wildman–Crippen LogP) is 4.14. The monoisotopic (exact) mass is 467 g/mol. The lowest BCUT2D eigenvalue weighted by atomic mass is 10.0. The highest BCUT2D eigenvalue weighted by atomic mass is 16.5. The molecule has 0 unspecified atom stereocenters. The van der Waals surface area contributed by atoms with E-state index < -0.39 is 0 Å². The molecule has 8 heteroatoms. The first-order chi connectivity index (χ1) is 16.7. The SMILES string of the molecule is C1CN(CC2CC2)CCN1.CC.COc1cccc(OC)c1-c1c[nH]c2nc(NC=O)ccc12. The molecule has 184 valence electrons. The summed E-state index contributed by atoms with van der Waals surface area (Å²) in [5.41, 5.74) is 2.46. The number of H-pyrrole nitrogens is 1. The molecule has 34 heavy (non-hydrogen) atoms. The van der Waals surface area contributed by atoms with E-state index in [-0.39, 0.29) is 0 Å². The largest absolute Gasteiger partial charge is 0.496 e. The summed E-state index contributed by atoms with van der Waals surface area (Å²) in [5.74, 6) is 2.99. The fourth-order valence-corrected chi connectivity index (χ4v) is 4.03. The van der Waals surface area contributed by atoms with Crippen LogP contribution in [0, 0.1) is 5.92 Å². The predicted molar refractivity (Wildman–Crippen MR) is 138 cm³/mol. The summed E-state index contributed by atoms with van der Waals surface area (Å²) in [6, 6.07) is 9.28. The molecule has 8 nitrogen and oxygen atoms in total. The standard InChI is InChI=1S/C16H15N3O3.C8H16N2.C2H6/c1-21-12-4-3-5-13(22-2)15(12)11-8-17-16-10(11)6-7-14(19-16)18-9-20;1-2-8(1)7-10-5-3-9-4-6-10;1-2/h3-9H,1-2H3,(H2,17,18,19,20);8-9H,1-7H2;1-2H3. The Kier molecular flexibility index (Phi) is 9.73. The van der Waals surface area contributed by atoms with Crippen molar-refractivity contribution < 1.29 is 14.3 Å². The second kappa shape index (κ2) is 13.0. The topological polar surface area (TPSA) is 91.5 Å². The van der Waals surface area contributed by atoms with Crippen molar-refractivity contribution in [2.75, 3.05) is 52.3 Å². The van der Waals surface area contributed by atoms with Gasteiger partial charge in [-0.05, 0) is 43.0 Å². The molecule has 1 saturated carbocycles. The van der Waals surface area contributed by atoms with Crippen molar-refractivity contribution >= 4 is 23.3 Å². The minimum atomic E-state index is 0.489. The molecule has 2 aliphatic rings. The van der Waals surface area contributed by atoms with E-state index in [2.05, 4.69) is 25.5 Å². The highest BCUT2D eigenvalue weighted by Crippen LogP contribution is 2.41. The minimum absolute atomic E-state index is 0.489. The second-order valence-electron chi connectivity index (χ2n) is 8.09. The smallest absolute Gasteiger partial charge is 0.212 e. The third-order valence-electron chi connectivity index (χ3n) is 5.87. The van der Waals surface area contributed by atoms with Gasteiger partial charge in [-0.1, -0.05) is 19.9 Å². The number of aromatic nitrogens is 2. The number of methoxy groups -OCH3 is 2. The Morgan fingerprint density at radius 2 is 1.76 bits per heavy atom. The molecule has 3 heterocycles. The number of pyridine rings is 1. The molecule has 1 saturated heterocycles. The number of hydrogen-bond acceptors (Lipinski definition) is 6. The number of ether oxygens (including phenoxy) is 2. The summed E-state index contributed by atoms with van der Waals surface area (Å²) >= 11 is 0. The molecule has 1 aromatic carbocycles. The average molecular weight is 468 g/mol. The Hall–Kier alpha value is -3.10. The van der Waals surface area contributed by atoms with E-state index in [1.807, 2.05) is 44.3 Å². The zero-order valence-electron chi connectivity index (χ0n) is 20.7. The molecule has 0 radical (unpaired) electrons. The molecular formula is C26H37N5O3. The Morgan fingerprint density at radius 1 is 1.09 bits per heavy atom. The van der Waals surface area contributed by atoms with Gasteiger partial charge < -0.3 is 30.0 Å². The molecule has 1 aliphatic heterocycles. The van der Waals surface area contributed by atoms with Gasteiger partial charge in [-0.2, -0.15) is 0 Å². The Labute approximate surface area is 202 Å². The van der Waals surface area contributed by atoms with Gasteiger partial charge in [-0.15, -0.1) is 0 Å². The number of aromatic amines is 1. The van der Waals surface area contributed by atoms with Crippen molar-refractivity contribution in [3.05, 3.63) is 36.5 Å². The molecule has 0 spiro atoms. The van der Waals surface area contributed by atoms with Gasteiger partial charge in [0, 0.05) is 49.9 Å². The highest BCUT2D eigenvalue weighted by molar-refractivity contribution is 5.98. The van der Waals surface area contributed by atoms with Crippen molar-refractivity contribution in [3.8, 4) is 22.6 Å². The zero-order chi connectivity index (χ0) is 24.3. The van der Waals surface area contributed by atoms with Crippen LogP contribution < -0.4 is 20.1 Å². The van der Waals surface area contributed by atoms with E-state index >= 15 is 0 Å². The van der Waals surface area contributed by atoms with Gasteiger partial charge in [0.1, 0.15) is 23.0 Å². The zero-order valence-corrected chi connectivity index (χ0v) is 20.7. The number of carbonyl (C=O) groups is 1. The normalized spacial score (nSPS) is 15.4. The number of benzene rings is 1. The van der Waals surface area contributed by atoms with Gasteiger partial charge in [-0.25, -0.2) is 4.98 Å². The number of nitrogens with zero attached hydrogens (tertiary/aromatic N) is 2. The number of amides is 1. The summed E-state index contributed by atoms with van der Waals surface area (Å²) in [6.45, 7) is 10.3. The molecule has 2 aromatic heterocycles. The first kappa shape index (κ1) is 25.5. The number of carbonyl (C=O) groups excluding carboxylic acids is 1. The molecule has 1 aliphatic carbocycles. The van der Waals surface area contributed by atoms with Crippen LogP contribution in [0.1, 0.15) is 26.7 Å². The van der Waals surface area contributed by atoms with Gasteiger partial charge in [0.2, 0.25) is 6.41 Å². The number of rotatable bonds is 7. The van der Waals surface area contributed by atoms with Crippen LogP contribution in [0.5, 0.6) is 11.5 Å². The van der Waals surface area contributed by atoms with E-state index in [1.165, 1.54) is 45.6 Å². The van der Waals surface area contributed by atoms with Crippen LogP contribution >= 0.6 is 0 Å². The number of fused-ring (bicyclic) bond motifs is 1. The van der Waals surface area contributed by atoms with Crippen LogP contribution in [-0.2, 0) is 4.79 Å². The third-order valence-corrected chi connectivity index (χ3v) is 5.87. The van der Waals surface area contributed by atoms with Crippen molar-refractivity contribution in [1.29, 1.82) is 0 Å². The van der Waals surface area contributed by atoms with Gasteiger partial charge >= 0.3 is 0 Å². The third kappa shape index (κ3) is 6.48. The first-order valence-corrected chi connectivity index (χ1v) is 12.1. The average Bonchev–Trinajstić information content (AvgIpc) is 3.61. The van der Waals surface area contributed by atoms with Crippen LogP contribution in [0.15, 0.2) is 36.5 Å². The number of nitrogens with one attached hydrogen (secondary N) is 3. The lowest BCUT2D eigenvalue weighted by Crippen LogP contribution is -2.44. The summed E-state index contributed by atoms with van der Waals surface area (Å²) in [5, 5.41) is 6.82. The fourth-order valence-electron chi connectivity index (χ4n) is 4.03. The molecule has 0 atom stereocenters. The Bertz CT molecular complexity index is 1020. The van der Waals surface area contributed by atoms with Crippen molar-refractivity contribution in [1.82, 2.24) is 20.2 Å². The lowest BCUT2D eigenvalue weighted by Gasteiger charge is -2.26. The maximum absolute atomic E-state index is 10.5. The van der Waals surface area contributed by atoms with E-state index in [4.69, 9.17) is 9.47 Å². The molecule has 1 amide bonds. The van der Waals surface area contributed by atoms with Gasteiger partial charge in [-0.3, -0.25) is 4.79 Å². The molecule has 0 bridgehead atoms. The van der Waals surface area contributed by atoms with Crippen LogP contribution in [0.25, 0.3) is 22.2 Å². The molecule has 3 aromatic rings. The number of piperazine rings is 1. The molecule has 2 fully saturated rings. The quantitative estimate of drug-likeness (QED) is 0.453. The van der Waals surface area contributed by atoms with Crippen LogP contribution in [0.3, 0.4) is 0 Å². The van der Waals surface area contributed by atoms with Gasteiger partial charge in [0.15, 0.2) is 0 Å². The fraction of sp³-hybridized carbons (Fsp3) is 0.462. The maximum atomic E-state index is 10.5. The van der Waals surface area contributed by atoms with Crippen LogP contribution in [0.2, 0.25) is 0 Å². The number of anilines is 1. The highest BCUT2D eigenvalue weighted by Gasteiger charge is 2.24. The van der Waals surface area contributed by atoms with Gasteiger partial charge in [0.25, 0.3) is 0 Å². The molecule has 3 N–H and O–H groups in total. The summed E-state index contributed by atoms with van der Waals surface area (Å²) in [4.78, 5) is 20.6. The molecule has 5 rings (SSSR count). The van der Waals surface area contributed by atoms with Gasteiger partial charge in [0.05, 0.1) is 19.8 Å². The molecular weight excluding hydrogens is 430 g/mol. The minimum Gasteiger partial charge on any atom is -0.496 e. The summed E-state index contributed by atoms with van der Waals surface area (Å²) < 4.78 is 10.9. The maximum Gasteiger partial charge on any atom is 0.212 e. The summed E-state index contributed by atoms with van der Waals surface area (Å²) in [6.07, 6.45) is 5.43. The lowest BCUT2D eigenvalue weighted by molar-refractivity contribution is -0.105. The van der Waals surface area contributed by atoms with E-state index in [0.717, 1.165) is 33.9 Å². The summed E-state index contributed by atoms with van der Waals surface area (Å²) in [7, 11) is 3.24. The van der Waals surface area contributed by atoms with Crippen molar-refractivity contribution in [2.24, 2.45) is 5.92 Å². The van der Waals surface area contributed by atoms with Crippen molar-refractivity contribution in [2.45, 2.75) is 26.7 Å². The van der Waals surface area contributed by atoms with E-state index in [9.17, 15) is 4.79 Å².